The standard InChI is InChI=1S/C34H63N7O7/c1-7-8-9-13-16-41-19-25(20-42)36-32(46)28(23(5)43)38-30(44)26(18-35)37-33(47)29(24-14-11-10-12-15-24)39-31(45)27(17-21(2)3)40(6)34(48)22(41)4/h21-29,42-43H,7-20,35H2,1-6H3,(H,36,46)(H,37,47)(H,38,44)(H,39,45)/t22?,23?,25-,26?,27?,28?,29?/m0/s1. The Hall–Kier alpha value is -2.81. The second-order valence-electron chi connectivity index (χ2n) is 14.1. The molecule has 14 nitrogen and oxygen atoms in total. The SMILES string of the molecule is CCCCCCN1C[C@@H](CO)NC(=O)C(C(C)O)NC(=O)C(CN)NC(=O)C(C2CCCCC2)NC(=O)C(CC(C)C)N(C)C(=O)C1C. The summed E-state index contributed by atoms with van der Waals surface area (Å²) in [4.78, 5) is 72.2. The third-order valence-electron chi connectivity index (χ3n) is 9.67. The Morgan fingerprint density at radius 3 is 2.10 bits per heavy atom. The van der Waals surface area contributed by atoms with Gasteiger partial charge in [-0.15, -0.1) is 0 Å². The van der Waals surface area contributed by atoms with Crippen LogP contribution in [0, 0.1) is 11.8 Å². The number of amides is 5. The van der Waals surface area contributed by atoms with Crippen molar-refractivity contribution in [3.63, 3.8) is 0 Å². The monoisotopic (exact) mass is 681 g/mol. The minimum Gasteiger partial charge on any atom is -0.394 e. The van der Waals surface area contributed by atoms with E-state index in [0.717, 1.165) is 44.9 Å². The van der Waals surface area contributed by atoms with Crippen molar-refractivity contribution < 1.29 is 34.2 Å². The summed E-state index contributed by atoms with van der Waals surface area (Å²) < 4.78 is 0. The molecule has 0 aromatic carbocycles. The molecule has 48 heavy (non-hydrogen) atoms. The maximum atomic E-state index is 14.1. The Bertz CT molecular complexity index is 1050. The van der Waals surface area contributed by atoms with E-state index in [2.05, 4.69) is 28.2 Å². The smallest absolute Gasteiger partial charge is 0.245 e. The fourth-order valence-corrected chi connectivity index (χ4v) is 6.67. The quantitative estimate of drug-likeness (QED) is 0.146. The largest absolute Gasteiger partial charge is 0.394 e. The number of aliphatic hydroxyl groups is 2. The van der Waals surface area contributed by atoms with E-state index in [-0.39, 0.29) is 30.8 Å². The van der Waals surface area contributed by atoms with Gasteiger partial charge in [0.2, 0.25) is 29.5 Å². The number of carbonyl (C=O) groups excluding carboxylic acids is 5. The van der Waals surface area contributed by atoms with Crippen LogP contribution < -0.4 is 27.0 Å². The first-order valence-corrected chi connectivity index (χ1v) is 18.0. The Kier molecular flexibility index (Phi) is 17.8. The van der Waals surface area contributed by atoms with Gasteiger partial charge in [0.25, 0.3) is 0 Å². The lowest BCUT2D eigenvalue weighted by Gasteiger charge is -2.38. The number of hydrogen-bond acceptors (Lipinski definition) is 9. The third kappa shape index (κ3) is 12.3. The van der Waals surface area contributed by atoms with Gasteiger partial charge in [-0.2, -0.15) is 0 Å². The summed E-state index contributed by atoms with van der Waals surface area (Å²) in [7, 11) is 1.60. The Morgan fingerprint density at radius 2 is 1.54 bits per heavy atom. The van der Waals surface area contributed by atoms with Gasteiger partial charge < -0.3 is 42.1 Å². The summed E-state index contributed by atoms with van der Waals surface area (Å²) in [5, 5.41) is 31.6. The van der Waals surface area contributed by atoms with Crippen molar-refractivity contribution >= 4 is 29.5 Å². The molecule has 1 heterocycles. The summed E-state index contributed by atoms with van der Waals surface area (Å²) in [6.45, 7) is 8.99. The topological polar surface area (TPSA) is 206 Å². The van der Waals surface area contributed by atoms with E-state index >= 15 is 0 Å². The molecule has 0 bridgehead atoms. The third-order valence-corrected chi connectivity index (χ3v) is 9.67. The molecule has 6 unspecified atom stereocenters. The number of likely N-dealkylation sites (N-methyl/N-ethyl adjacent to an activating group) is 1. The molecule has 5 amide bonds. The first kappa shape index (κ1) is 41.4. The van der Waals surface area contributed by atoms with Crippen molar-refractivity contribution in [3.8, 4) is 0 Å². The van der Waals surface area contributed by atoms with Crippen LogP contribution in [0.25, 0.3) is 0 Å². The summed E-state index contributed by atoms with van der Waals surface area (Å²) in [6.07, 6.45) is 7.02. The molecule has 7 atom stereocenters. The highest BCUT2D eigenvalue weighted by Crippen LogP contribution is 2.27. The molecule has 14 heteroatoms. The van der Waals surface area contributed by atoms with Gasteiger partial charge in [-0.05, 0) is 57.9 Å². The van der Waals surface area contributed by atoms with Crippen molar-refractivity contribution in [3.05, 3.63) is 0 Å². The summed E-state index contributed by atoms with van der Waals surface area (Å²) >= 11 is 0. The lowest BCUT2D eigenvalue weighted by atomic mass is 9.83. The van der Waals surface area contributed by atoms with E-state index in [4.69, 9.17) is 5.73 Å². The molecule has 1 saturated heterocycles. The average Bonchev–Trinajstić information content (AvgIpc) is 3.06. The van der Waals surface area contributed by atoms with Crippen molar-refractivity contribution in [2.75, 3.05) is 33.3 Å². The van der Waals surface area contributed by atoms with E-state index in [9.17, 15) is 34.2 Å². The van der Waals surface area contributed by atoms with Gasteiger partial charge in [0.05, 0.1) is 24.8 Å². The van der Waals surface area contributed by atoms with Crippen molar-refractivity contribution in [1.29, 1.82) is 0 Å². The van der Waals surface area contributed by atoms with Crippen LogP contribution in [0.15, 0.2) is 0 Å². The van der Waals surface area contributed by atoms with Crippen LogP contribution in [0.4, 0.5) is 0 Å². The predicted molar refractivity (Wildman–Crippen MR) is 183 cm³/mol. The van der Waals surface area contributed by atoms with Crippen LogP contribution in [0.5, 0.6) is 0 Å². The summed E-state index contributed by atoms with van der Waals surface area (Å²) in [6, 6.07) is -6.04. The lowest BCUT2D eigenvalue weighted by Crippen LogP contribution is -2.64. The zero-order valence-corrected chi connectivity index (χ0v) is 30.0. The van der Waals surface area contributed by atoms with Crippen LogP contribution in [-0.2, 0) is 24.0 Å². The second kappa shape index (κ2) is 20.6. The van der Waals surface area contributed by atoms with E-state index in [1.165, 1.54) is 11.8 Å². The molecule has 1 aliphatic carbocycles. The van der Waals surface area contributed by atoms with Crippen LogP contribution in [0.3, 0.4) is 0 Å². The minimum atomic E-state index is -1.41. The minimum absolute atomic E-state index is 0.0532. The molecule has 0 aromatic rings. The highest BCUT2D eigenvalue weighted by atomic mass is 16.3. The molecule has 2 fully saturated rings. The molecule has 1 aliphatic heterocycles. The van der Waals surface area contributed by atoms with Gasteiger partial charge in [0, 0.05) is 20.1 Å². The van der Waals surface area contributed by atoms with E-state index in [0.29, 0.717) is 25.8 Å². The molecule has 8 N–H and O–H groups in total. The maximum Gasteiger partial charge on any atom is 0.245 e. The number of hydrogen-bond donors (Lipinski definition) is 7. The number of unbranched alkanes of at least 4 members (excludes halogenated alkanes) is 3. The fourth-order valence-electron chi connectivity index (χ4n) is 6.67. The van der Waals surface area contributed by atoms with Crippen molar-refractivity contribution in [2.45, 2.75) is 141 Å². The first-order chi connectivity index (χ1) is 22.7. The average molecular weight is 682 g/mol. The number of nitrogens with two attached hydrogens (primary N) is 1. The Labute approximate surface area is 286 Å². The highest BCUT2D eigenvalue weighted by molar-refractivity contribution is 5.96. The Balaban J connectivity index is 2.60. The van der Waals surface area contributed by atoms with Crippen LogP contribution in [0.1, 0.15) is 98.8 Å². The molecule has 1 saturated carbocycles. The van der Waals surface area contributed by atoms with Gasteiger partial charge >= 0.3 is 0 Å². The second-order valence-corrected chi connectivity index (χ2v) is 14.1. The predicted octanol–water partition coefficient (Wildman–Crippen LogP) is -0.00480. The van der Waals surface area contributed by atoms with Gasteiger partial charge in [0.1, 0.15) is 24.2 Å². The molecular formula is C34H63N7O7. The van der Waals surface area contributed by atoms with Crippen LogP contribution in [0.2, 0.25) is 0 Å². The molecule has 2 aliphatic rings. The van der Waals surface area contributed by atoms with Crippen molar-refractivity contribution in [2.24, 2.45) is 17.6 Å². The van der Waals surface area contributed by atoms with E-state index in [1.54, 1.807) is 14.0 Å². The van der Waals surface area contributed by atoms with Gasteiger partial charge in [0.15, 0.2) is 0 Å². The number of nitrogens with one attached hydrogen (secondary N) is 4. The molecule has 0 spiro atoms. The molecule has 0 aromatic heterocycles. The molecule has 2 rings (SSSR count). The van der Waals surface area contributed by atoms with Crippen molar-refractivity contribution in [1.82, 2.24) is 31.1 Å². The number of nitrogens with zero attached hydrogens (tertiary/aromatic N) is 2. The molecule has 0 radical (unpaired) electrons. The van der Waals surface area contributed by atoms with Gasteiger partial charge in [-0.1, -0.05) is 59.3 Å². The van der Waals surface area contributed by atoms with Crippen LogP contribution >= 0.6 is 0 Å². The van der Waals surface area contributed by atoms with Gasteiger partial charge in [-0.3, -0.25) is 28.9 Å². The summed E-state index contributed by atoms with van der Waals surface area (Å²) in [5.41, 5.74) is 5.92. The van der Waals surface area contributed by atoms with E-state index in [1.807, 2.05) is 18.7 Å². The Morgan fingerprint density at radius 1 is 0.875 bits per heavy atom. The number of rotatable bonds is 11. The fraction of sp³-hybridized carbons (Fsp3) is 0.853. The zero-order valence-electron chi connectivity index (χ0n) is 30.0. The zero-order chi connectivity index (χ0) is 36.0. The number of aliphatic hydroxyl groups excluding tert-OH is 2. The maximum absolute atomic E-state index is 14.1. The highest BCUT2D eigenvalue weighted by Gasteiger charge is 2.39. The van der Waals surface area contributed by atoms with Crippen LogP contribution in [-0.4, -0.2) is 125 Å². The summed E-state index contributed by atoms with van der Waals surface area (Å²) in [5.74, 6) is -2.95. The lowest BCUT2D eigenvalue weighted by molar-refractivity contribution is -0.144. The van der Waals surface area contributed by atoms with E-state index < -0.39 is 72.6 Å². The molecular weight excluding hydrogens is 618 g/mol. The molecule has 276 valence electrons. The normalized spacial score (nSPS) is 29.0. The van der Waals surface area contributed by atoms with Gasteiger partial charge in [-0.25, -0.2) is 0 Å². The first-order valence-electron chi connectivity index (χ1n) is 18.0. The number of carbonyl (C=O) groups is 5.